The fraction of sp³-hybridized carbons (Fsp3) is 0.808. The topological polar surface area (TPSA) is 149 Å². The van der Waals surface area contributed by atoms with E-state index in [0.717, 1.165) is 51.4 Å². The molecule has 370 valence electrons. The van der Waals surface area contributed by atoms with Crippen LogP contribution in [0, 0.1) is 0 Å². The lowest BCUT2D eigenvalue weighted by Crippen LogP contribution is -2.32. The van der Waals surface area contributed by atoms with Crippen molar-refractivity contribution in [2.75, 3.05) is 11.5 Å². The Morgan fingerprint density at radius 1 is 0.406 bits per heavy atom. The minimum Gasteiger partial charge on any atom is -0.478 e. The van der Waals surface area contributed by atoms with Crippen molar-refractivity contribution < 1.29 is 39.6 Å². The molecule has 2 atom stereocenters. The largest absolute Gasteiger partial charge is 0.478 e. The first-order valence-corrected chi connectivity index (χ1v) is 29.3. The average Bonchev–Trinajstić information content (AvgIpc) is 3.26. The van der Waals surface area contributed by atoms with Crippen molar-refractivity contribution in [1.82, 2.24) is 0 Å². The van der Waals surface area contributed by atoms with E-state index in [-0.39, 0.29) is 12.0 Å². The smallest absolute Gasteiger partial charge is 0.366 e. The first kappa shape index (κ1) is 60.5. The molecule has 1 rings (SSSR count). The van der Waals surface area contributed by atoms with Crippen LogP contribution < -0.4 is 0 Å². The number of aromatic carboxylic acids is 2. The maximum Gasteiger partial charge on any atom is 0.366 e. The molecule has 2 unspecified atom stereocenters. The van der Waals surface area contributed by atoms with Crippen LogP contribution in [0.5, 0.6) is 0 Å². The Hall–Kier alpha value is -1.50. The van der Waals surface area contributed by atoms with E-state index in [1.54, 1.807) is 13.0 Å². The van der Waals surface area contributed by atoms with Gasteiger partial charge in [0.15, 0.2) is 0 Å². The molecule has 0 fully saturated rings. The van der Waals surface area contributed by atoms with E-state index in [1.165, 1.54) is 184 Å². The number of thioether (sulfide) groups is 4. The van der Waals surface area contributed by atoms with Crippen LogP contribution in [0.1, 0.15) is 278 Å². The van der Waals surface area contributed by atoms with Gasteiger partial charge in [0, 0.05) is 0 Å². The lowest BCUT2D eigenvalue weighted by atomic mass is 9.89. The van der Waals surface area contributed by atoms with E-state index in [2.05, 4.69) is 13.8 Å². The number of hydrogen-bond acceptors (Lipinski definition) is 8. The minimum atomic E-state index is -1.46. The van der Waals surface area contributed by atoms with E-state index in [1.807, 2.05) is 6.92 Å². The zero-order valence-electron chi connectivity index (χ0n) is 40.7. The Morgan fingerprint density at radius 3 is 0.984 bits per heavy atom. The zero-order valence-corrected chi connectivity index (χ0v) is 43.9. The van der Waals surface area contributed by atoms with Gasteiger partial charge in [-0.25, -0.2) is 19.2 Å². The van der Waals surface area contributed by atoms with E-state index >= 15 is 0 Å². The van der Waals surface area contributed by atoms with Crippen molar-refractivity contribution in [2.24, 2.45) is 0 Å². The van der Waals surface area contributed by atoms with Crippen molar-refractivity contribution in [1.29, 1.82) is 0 Å². The molecule has 0 aliphatic carbocycles. The molecule has 0 radical (unpaired) electrons. The van der Waals surface area contributed by atoms with Crippen LogP contribution in [0.3, 0.4) is 0 Å². The molecule has 1 aromatic carbocycles. The van der Waals surface area contributed by atoms with E-state index < -0.39 is 41.8 Å². The summed E-state index contributed by atoms with van der Waals surface area (Å²) >= 11 is 4.13. The third-order valence-electron chi connectivity index (χ3n) is 12.5. The second-order valence-corrected chi connectivity index (χ2v) is 23.6. The summed E-state index contributed by atoms with van der Waals surface area (Å²) in [5, 5.41) is 39.3. The van der Waals surface area contributed by atoms with Crippen LogP contribution in [-0.2, 0) is 8.16 Å². The lowest BCUT2D eigenvalue weighted by molar-refractivity contribution is 0.0650. The summed E-state index contributed by atoms with van der Waals surface area (Å²) in [6, 6.07) is 2.83. The van der Waals surface area contributed by atoms with Crippen molar-refractivity contribution >= 4 is 69.6 Å². The van der Waals surface area contributed by atoms with Gasteiger partial charge in [-0.1, -0.05) is 226 Å². The number of carboxylic acids is 2. The molecule has 0 heterocycles. The zero-order chi connectivity index (χ0) is 47.3. The average molecular weight is 972 g/mol. The molecule has 0 aromatic heterocycles. The summed E-state index contributed by atoms with van der Waals surface area (Å²) < 4.78 is -2.55. The first-order chi connectivity index (χ1) is 30.9. The normalized spacial score (nSPS) is 13.4. The Bertz CT molecular complexity index is 1410. The minimum absolute atomic E-state index is 0.117. The predicted molar refractivity (Wildman–Crippen MR) is 280 cm³/mol. The molecule has 64 heavy (non-hydrogen) atoms. The van der Waals surface area contributed by atoms with Gasteiger partial charge in [0.2, 0.25) is 0 Å². The van der Waals surface area contributed by atoms with Gasteiger partial charge >= 0.3 is 22.5 Å². The molecule has 0 bridgehead atoms. The van der Waals surface area contributed by atoms with Gasteiger partial charge in [-0.15, -0.1) is 23.5 Å². The Labute approximate surface area is 407 Å². The molecule has 0 saturated heterocycles. The molecule has 8 nitrogen and oxygen atoms in total. The van der Waals surface area contributed by atoms with E-state index in [4.69, 9.17) is 0 Å². The fourth-order valence-corrected chi connectivity index (χ4v) is 14.1. The summed E-state index contributed by atoms with van der Waals surface area (Å²) in [4.78, 5) is 51.1. The summed E-state index contributed by atoms with van der Waals surface area (Å²) in [5.41, 5.74) is -0.370. The number of carbonyl (C=O) groups is 4. The SMILES string of the molecule is CCCCCCCCCCCCCCCCCCSC(CC)(SC(=O)O)c1ccc(C(=O)O)c(C(=O)O)c1C(CC)(SCCCCCCCCCCCCCCCCCC)SC(=O)O. The van der Waals surface area contributed by atoms with Gasteiger partial charge in [0.25, 0.3) is 0 Å². The Morgan fingerprint density at radius 2 is 0.703 bits per heavy atom. The third-order valence-corrected chi connectivity index (χ3v) is 18.7. The Kier molecular flexibility index (Phi) is 36.4. The molecule has 0 aliphatic heterocycles. The molecule has 0 saturated carbocycles. The van der Waals surface area contributed by atoms with Crippen LogP contribution in [0.15, 0.2) is 12.1 Å². The maximum atomic E-state index is 13.2. The van der Waals surface area contributed by atoms with Crippen molar-refractivity contribution in [3.8, 4) is 0 Å². The van der Waals surface area contributed by atoms with Gasteiger partial charge < -0.3 is 20.4 Å². The first-order valence-electron chi connectivity index (χ1n) is 25.7. The van der Waals surface area contributed by atoms with Crippen LogP contribution in [0.25, 0.3) is 0 Å². The number of carboxylic acid groups (broad SMARTS) is 4. The number of benzene rings is 1. The standard InChI is InChI=1S/C52H90O8S4/c1-5-9-11-13-15-17-19-21-23-25-27-29-31-33-35-37-41-61-51(7-3,63-49(57)58)44-40-39-43(47(53)54)45(48(55)56)46(44)52(8-4,64-50(59)60)62-42-38-36-34-32-30-28-26-24-22-20-18-16-14-12-10-6-2/h39-40H,5-38,41-42H2,1-4H3,(H,53,54)(H,55,56)(H,57,58)(H,59,60). The van der Waals surface area contributed by atoms with Gasteiger partial charge in [-0.3, -0.25) is 0 Å². The van der Waals surface area contributed by atoms with Gasteiger partial charge in [-0.2, -0.15) is 0 Å². The molecule has 0 spiro atoms. The van der Waals surface area contributed by atoms with Crippen LogP contribution in [0.2, 0.25) is 0 Å². The maximum absolute atomic E-state index is 13.2. The molecule has 0 aliphatic rings. The van der Waals surface area contributed by atoms with Crippen LogP contribution in [0.4, 0.5) is 9.59 Å². The molecule has 4 N–H and O–H groups in total. The second-order valence-electron chi connectivity index (χ2n) is 17.8. The molecule has 12 heteroatoms. The van der Waals surface area contributed by atoms with Crippen molar-refractivity contribution in [3.05, 3.63) is 34.4 Å². The quantitative estimate of drug-likeness (QED) is 0.0364. The fourth-order valence-electron chi connectivity index (χ4n) is 8.80. The molecular weight excluding hydrogens is 881 g/mol. The van der Waals surface area contributed by atoms with Gasteiger partial charge in [0.05, 0.1) is 19.3 Å². The highest BCUT2D eigenvalue weighted by Crippen LogP contribution is 2.59. The summed E-state index contributed by atoms with van der Waals surface area (Å²) in [7, 11) is 0. The molecule has 1 aromatic rings. The summed E-state index contributed by atoms with van der Waals surface area (Å²) in [6.07, 6.45) is 40.3. The Balaban J connectivity index is 2.99. The van der Waals surface area contributed by atoms with Gasteiger partial charge in [0.1, 0.15) is 0 Å². The molecular formula is C52H90O8S4. The van der Waals surface area contributed by atoms with E-state index in [9.17, 15) is 39.6 Å². The lowest BCUT2D eigenvalue weighted by Gasteiger charge is -2.39. The van der Waals surface area contributed by atoms with E-state index in [0.29, 0.717) is 47.0 Å². The number of hydrogen-bond donors (Lipinski definition) is 4. The number of rotatable bonds is 44. The monoisotopic (exact) mass is 971 g/mol. The van der Waals surface area contributed by atoms with Crippen LogP contribution in [-0.4, -0.2) is 54.5 Å². The van der Waals surface area contributed by atoms with Crippen molar-refractivity contribution in [3.63, 3.8) is 0 Å². The number of unbranched alkanes of at least 4 members (excludes halogenated alkanes) is 30. The second kappa shape index (κ2) is 38.5. The third kappa shape index (κ3) is 25.6. The van der Waals surface area contributed by atoms with Crippen molar-refractivity contribution in [2.45, 2.75) is 254 Å². The van der Waals surface area contributed by atoms with Gasteiger partial charge in [-0.05, 0) is 77.9 Å². The summed E-state index contributed by atoms with van der Waals surface area (Å²) in [6.45, 7) is 8.19. The highest BCUT2D eigenvalue weighted by molar-refractivity contribution is 8.25. The summed E-state index contributed by atoms with van der Waals surface area (Å²) in [5.74, 6) is -1.70. The predicted octanol–water partition coefficient (Wildman–Crippen LogP) is 19.0. The van der Waals surface area contributed by atoms with Crippen LogP contribution >= 0.6 is 47.0 Å². The highest BCUT2D eigenvalue weighted by atomic mass is 32.2. The molecule has 0 amide bonds. The highest BCUT2D eigenvalue weighted by Gasteiger charge is 2.47.